The van der Waals surface area contributed by atoms with Crippen LogP contribution in [-0.4, -0.2) is 74.5 Å². The third kappa shape index (κ3) is 5.65. The number of nitrogens with one attached hydrogen (secondary N) is 1. The number of unbranched alkanes of at least 4 members (excludes halogenated alkanes) is 1. The Morgan fingerprint density at radius 2 is 1.85 bits per heavy atom. The van der Waals surface area contributed by atoms with Crippen molar-refractivity contribution in [2.75, 3.05) is 55.7 Å². The van der Waals surface area contributed by atoms with Gasteiger partial charge in [0.15, 0.2) is 0 Å². The van der Waals surface area contributed by atoms with Gasteiger partial charge < -0.3 is 20.7 Å². The van der Waals surface area contributed by atoms with Gasteiger partial charge in [-0.15, -0.1) is 0 Å². The number of anilines is 2. The van der Waals surface area contributed by atoms with E-state index in [1.807, 2.05) is 31.2 Å². The Bertz CT molecular complexity index is 1300. The Balaban J connectivity index is 1.18. The van der Waals surface area contributed by atoms with Gasteiger partial charge in [-0.05, 0) is 49.6 Å². The summed E-state index contributed by atoms with van der Waals surface area (Å²) in [7, 11) is 0. The lowest BCUT2D eigenvalue weighted by Gasteiger charge is -2.41. The van der Waals surface area contributed by atoms with E-state index < -0.39 is 17.9 Å². The highest BCUT2D eigenvalue weighted by atomic mass is 35.5. The molecule has 1 fully saturated rings. The lowest BCUT2D eigenvalue weighted by Crippen LogP contribution is -2.58. The predicted octanol–water partition coefficient (Wildman–Crippen LogP) is 3.34. The van der Waals surface area contributed by atoms with Gasteiger partial charge in [-0.1, -0.05) is 42.3 Å². The summed E-state index contributed by atoms with van der Waals surface area (Å²) >= 11 is 12.6. The Morgan fingerprint density at radius 1 is 1.07 bits per heavy atom. The van der Waals surface area contributed by atoms with Crippen molar-refractivity contribution in [1.82, 2.24) is 10.2 Å². The van der Waals surface area contributed by atoms with Crippen molar-refractivity contribution in [2.24, 2.45) is 5.73 Å². The molecule has 2 atom stereocenters. The molecule has 3 amide bonds. The molecule has 0 saturated carbocycles. The van der Waals surface area contributed by atoms with Crippen LogP contribution in [0.3, 0.4) is 0 Å². The van der Waals surface area contributed by atoms with Crippen molar-refractivity contribution < 1.29 is 19.1 Å². The topological polar surface area (TPSA) is 108 Å². The lowest BCUT2D eigenvalue weighted by molar-refractivity contribution is -0.131. The van der Waals surface area contributed by atoms with Crippen molar-refractivity contribution >= 4 is 52.3 Å². The second-order valence-electron chi connectivity index (χ2n) is 10.5. The number of nitrogens with two attached hydrogens (primary N) is 1. The molecular formula is C29H35Cl2N5O4. The molecular weight excluding hydrogens is 553 g/mol. The van der Waals surface area contributed by atoms with Gasteiger partial charge in [-0.3, -0.25) is 19.3 Å². The van der Waals surface area contributed by atoms with E-state index in [1.54, 1.807) is 6.07 Å². The molecule has 1 saturated heterocycles. The maximum Gasteiger partial charge on any atom is 0.256 e. The lowest BCUT2D eigenvalue weighted by atomic mass is 9.81. The average Bonchev–Trinajstić information content (AvgIpc) is 2.96. The first-order valence-electron chi connectivity index (χ1n) is 13.9. The van der Waals surface area contributed by atoms with Gasteiger partial charge in [0.05, 0.1) is 34.6 Å². The summed E-state index contributed by atoms with van der Waals surface area (Å²) in [4.78, 5) is 44.1. The molecule has 9 nitrogen and oxygen atoms in total. The number of halogens is 2. The zero-order chi connectivity index (χ0) is 28.4. The van der Waals surface area contributed by atoms with Gasteiger partial charge in [0, 0.05) is 44.1 Å². The Labute approximate surface area is 244 Å². The molecule has 0 aliphatic carbocycles. The SMILES string of the molecule is CC1c2c(OCCCCN3CCN(c4cccc(Cl)c4Cl)CC3)ccc3c2N(C(=O)CC3)C(=O)C1NC(=O)CN. The van der Waals surface area contributed by atoms with Gasteiger partial charge in [-0.2, -0.15) is 0 Å². The number of hydrogen-bond donors (Lipinski definition) is 2. The molecule has 3 N–H and O–H groups in total. The maximum absolute atomic E-state index is 13.3. The van der Waals surface area contributed by atoms with Gasteiger partial charge in [0.25, 0.3) is 5.91 Å². The highest BCUT2D eigenvalue weighted by Gasteiger charge is 2.45. The van der Waals surface area contributed by atoms with Crippen LogP contribution in [0.15, 0.2) is 30.3 Å². The molecule has 3 heterocycles. The summed E-state index contributed by atoms with van der Waals surface area (Å²) in [6.07, 6.45) is 2.67. The molecule has 0 aromatic heterocycles. The number of amides is 3. The molecule has 40 heavy (non-hydrogen) atoms. The number of benzene rings is 2. The number of piperazine rings is 1. The molecule has 5 rings (SSSR count). The molecule has 0 radical (unpaired) electrons. The van der Waals surface area contributed by atoms with E-state index in [4.69, 9.17) is 33.7 Å². The van der Waals surface area contributed by atoms with Crippen LogP contribution in [0.4, 0.5) is 11.4 Å². The van der Waals surface area contributed by atoms with E-state index in [9.17, 15) is 14.4 Å². The standard InChI is InChI=1S/C29H35Cl2N5O4/c1-18-25-22(9-7-19-8-10-24(38)36(28(19)25)29(39)27(18)33-23(37)17-32)40-16-3-2-11-34-12-14-35(15-13-34)21-6-4-5-20(30)26(21)31/h4-7,9,18,27H,2-3,8,10-17,32H2,1H3,(H,33,37). The number of ether oxygens (including phenoxy) is 1. The van der Waals surface area contributed by atoms with Crippen molar-refractivity contribution in [1.29, 1.82) is 0 Å². The van der Waals surface area contributed by atoms with Crippen LogP contribution in [0.5, 0.6) is 5.75 Å². The number of aryl methyl sites for hydroxylation is 1. The van der Waals surface area contributed by atoms with E-state index in [0.717, 1.165) is 62.4 Å². The first-order chi connectivity index (χ1) is 19.3. The third-order valence-electron chi connectivity index (χ3n) is 8.06. The van der Waals surface area contributed by atoms with Crippen LogP contribution >= 0.6 is 23.2 Å². The van der Waals surface area contributed by atoms with E-state index in [-0.39, 0.29) is 24.8 Å². The number of carbonyl (C=O) groups is 3. The highest BCUT2D eigenvalue weighted by molar-refractivity contribution is 6.43. The minimum atomic E-state index is -0.872. The average molecular weight is 589 g/mol. The number of imide groups is 1. The monoisotopic (exact) mass is 587 g/mol. The molecule has 3 aliphatic heterocycles. The largest absolute Gasteiger partial charge is 0.493 e. The fourth-order valence-corrected chi connectivity index (χ4v) is 6.30. The summed E-state index contributed by atoms with van der Waals surface area (Å²) in [6.45, 7) is 6.81. The van der Waals surface area contributed by atoms with Crippen molar-refractivity contribution in [2.45, 2.75) is 44.6 Å². The zero-order valence-corrected chi connectivity index (χ0v) is 24.1. The van der Waals surface area contributed by atoms with E-state index >= 15 is 0 Å². The summed E-state index contributed by atoms with van der Waals surface area (Å²) < 4.78 is 6.24. The van der Waals surface area contributed by atoms with Crippen molar-refractivity contribution in [3.63, 3.8) is 0 Å². The summed E-state index contributed by atoms with van der Waals surface area (Å²) in [5.74, 6) is -0.819. The van der Waals surface area contributed by atoms with Gasteiger partial charge in [0.1, 0.15) is 11.8 Å². The quantitative estimate of drug-likeness (QED) is 0.342. The fraction of sp³-hybridized carbons (Fsp3) is 0.483. The van der Waals surface area contributed by atoms with E-state index in [2.05, 4.69) is 15.1 Å². The van der Waals surface area contributed by atoms with Crippen LogP contribution in [0.25, 0.3) is 0 Å². The molecule has 2 aromatic carbocycles. The molecule has 0 bridgehead atoms. The normalized spacial score (nSPS) is 20.9. The predicted molar refractivity (Wildman–Crippen MR) is 157 cm³/mol. The minimum absolute atomic E-state index is 0.232. The molecule has 11 heteroatoms. The number of carbonyl (C=O) groups excluding carboxylic acids is 3. The van der Waals surface area contributed by atoms with E-state index in [1.165, 1.54) is 4.90 Å². The van der Waals surface area contributed by atoms with Crippen LogP contribution in [0.2, 0.25) is 10.0 Å². The van der Waals surface area contributed by atoms with Crippen LogP contribution in [0.1, 0.15) is 43.2 Å². The molecule has 3 aliphatic rings. The maximum atomic E-state index is 13.3. The Morgan fingerprint density at radius 3 is 2.60 bits per heavy atom. The Hall–Kier alpha value is -2.85. The summed E-state index contributed by atoms with van der Waals surface area (Å²) in [5.41, 5.74) is 8.84. The summed E-state index contributed by atoms with van der Waals surface area (Å²) in [6, 6.07) is 8.74. The van der Waals surface area contributed by atoms with Gasteiger partial charge in [-0.25, -0.2) is 4.90 Å². The van der Waals surface area contributed by atoms with Gasteiger partial charge in [0.2, 0.25) is 11.8 Å². The highest BCUT2D eigenvalue weighted by Crippen LogP contribution is 2.46. The molecule has 214 valence electrons. The minimum Gasteiger partial charge on any atom is -0.493 e. The summed E-state index contributed by atoms with van der Waals surface area (Å²) in [5, 5.41) is 3.89. The van der Waals surface area contributed by atoms with E-state index in [0.29, 0.717) is 34.5 Å². The first-order valence-corrected chi connectivity index (χ1v) is 14.6. The van der Waals surface area contributed by atoms with Crippen molar-refractivity contribution in [3.8, 4) is 5.75 Å². The molecule has 2 aromatic rings. The number of rotatable bonds is 9. The van der Waals surface area contributed by atoms with Crippen molar-refractivity contribution in [3.05, 3.63) is 51.5 Å². The first kappa shape index (κ1) is 28.7. The fourth-order valence-electron chi connectivity index (χ4n) is 5.88. The molecule has 2 unspecified atom stereocenters. The smallest absolute Gasteiger partial charge is 0.256 e. The van der Waals surface area contributed by atoms with Crippen LogP contribution in [0, 0.1) is 0 Å². The zero-order valence-electron chi connectivity index (χ0n) is 22.6. The number of hydrogen-bond acceptors (Lipinski definition) is 7. The third-order valence-corrected chi connectivity index (χ3v) is 8.86. The molecule has 0 spiro atoms. The number of nitrogens with zero attached hydrogens (tertiary/aromatic N) is 3. The second kappa shape index (κ2) is 12.3. The Kier molecular flexibility index (Phi) is 8.85. The second-order valence-corrected chi connectivity index (χ2v) is 11.3. The van der Waals surface area contributed by atoms with Crippen LogP contribution in [-0.2, 0) is 20.8 Å². The van der Waals surface area contributed by atoms with Gasteiger partial charge >= 0.3 is 0 Å². The van der Waals surface area contributed by atoms with Crippen LogP contribution < -0.4 is 25.6 Å².